The molecule has 19 heavy (non-hydrogen) atoms. The highest BCUT2D eigenvalue weighted by Gasteiger charge is 2.48. The van der Waals surface area contributed by atoms with Gasteiger partial charge in [0.15, 0.2) is 0 Å². The molecule has 1 N–H and O–H groups in total. The third-order valence-electron chi connectivity index (χ3n) is 5.28. The smallest absolute Gasteiger partial charge is 0.333 e. The molecule has 0 spiro atoms. The summed E-state index contributed by atoms with van der Waals surface area (Å²) in [5, 5.41) is 10.3. The zero-order valence-corrected chi connectivity index (χ0v) is 11.9. The lowest BCUT2D eigenvalue weighted by atomic mass is 9.55. The van der Waals surface area contributed by atoms with Crippen LogP contribution in [0.25, 0.3) is 0 Å². The second kappa shape index (κ2) is 5.12. The molecule has 2 saturated carbocycles. The molecule has 0 aliphatic heterocycles. The summed E-state index contributed by atoms with van der Waals surface area (Å²) < 4.78 is 4.76. The van der Waals surface area contributed by atoms with Crippen LogP contribution in [0.15, 0.2) is 24.3 Å². The molecule has 106 valence electrons. The lowest BCUT2D eigenvalue weighted by molar-refractivity contribution is -0.137. The Morgan fingerprint density at radius 2 is 2.16 bits per heavy atom. The molecule has 0 bridgehead atoms. The number of hydrogen-bond acceptors (Lipinski definition) is 3. The Morgan fingerprint density at radius 1 is 1.47 bits per heavy atom. The average Bonchev–Trinajstić information content (AvgIpc) is 2.41. The number of aliphatic hydroxyl groups excluding tert-OH is 1. The minimum absolute atomic E-state index is 0.0811. The Balaban J connectivity index is 2.16. The SMILES string of the molecule is C=C(C(=O)OC)[C@H]1CC[C@@]2(C)[C@H](O)CCC(=C)[C@@H]2C1. The largest absolute Gasteiger partial charge is 0.466 e. The van der Waals surface area contributed by atoms with E-state index < -0.39 is 0 Å². The van der Waals surface area contributed by atoms with Gasteiger partial charge in [-0.25, -0.2) is 4.79 Å². The minimum Gasteiger partial charge on any atom is -0.466 e. The van der Waals surface area contributed by atoms with Crippen molar-refractivity contribution < 1.29 is 14.6 Å². The molecule has 0 aromatic heterocycles. The summed E-state index contributed by atoms with van der Waals surface area (Å²) in [7, 11) is 1.39. The summed E-state index contributed by atoms with van der Waals surface area (Å²) in [5.74, 6) is 0.138. The van der Waals surface area contributed by atoms with E-state index in [1.165, 1.54) is 12.7 Å². The molecule has 0 saturated heterocycles. The summed E-state index contributed by atoms with van der Waals surface area (Å²) in [6, 6.07) is 0. The molecule has 3 nitrogen and oxygen atoms in total. The summed E-state index contributed by atoms with van der Waals surface area (Å²) in [4.78, 5) is 11.6. The van der Waals surface area contributed by atoms with Crippen molar-refractivity contribution in [3.63, 3.8) is 0 Å². The standard InChI is InChI=1S/C16H24O3/c1-10-5-6-14(17)16(3)8-7-12(9-13(10)16)11(2)15(18)19-4/h12-14,17H,1-2,5-9H2,3-4H3/t12-,13-,14+,16+/m0/s1. The molecule has 0 aromatic carbocycles. The average molecular weight is 264 g/mol. The molecule has 0 amide bonds. The van der Waals surface area contributed by atoms with Gasteiger partial charge in [0, 0.05) is 11.0 Å². The summed E-state index contributed by atoms with van der Waals surface area (Å²) >= 11 is 0. The van der Waals surface area contributed by atoms with Crippen molar-refractivity contribution in [2.75, 3.05) is 7.11 Å². The Morgan fingerprint density at radius 3 is 2.79 bits per heavy atom. The van der Waals surface area contributed by atoms with E-state index in [0.29, 0.717) is 5.57 Å². The Bertz CT molecular complexity index is 412. The van der Waals surface area contributed by atoms with E-state index in [-0.39, 0.29) is 29.3 Å². The van der Waals surface area contributed by atoms with Crippen LogP contribution in [0.3, 0.4) is 0 Å². The first kappa shape index (κ1) is 14.3. The fourth-order valence-corrected chi connectivity index (χ4v) is 3.80. The Kier molecular flexibility index (Phi) is 3.86. The second-order valence-corrected chi connectivity index (χ2v) is 6.26. The summed E-state index contributed by atoms with van der Waals surface area (Å²) in [6.45, 7) is 10.2. The third-order valence-corrected chi connectivity index (χ3v) is 5.28. The van der Waals surface area contributed by atoms with Crippen LogP contribution < -0.4 is 0 Å². The fourth-order valence-electron chi connectivity index (χ4n) is 3.80. The van der Waals surface area contributed by atoms with Crippen LogP contribution in [-0.2, 0) is 9.53 Å². The van der Waals surface area contributed by atoms with Crippen molar-refractivity contribution in [3.05, 3.63) is 24.3 Å². The molecule has 0 unspecified atom stereocenters. The zero-order chi connectivity index (χ0) is 14.2. The van der Waals surface area contributed by atoms with Gasteiger partial charge in [0.1, 0.15) is 0 Å². The van der Waals surface area contributed by atoms with E-state index in [1.807, 2.05) is 0 Å². The minimum atomic E-state index is -0.310. The predicted molar refractivity (Wildman–Crippen MR) is 74.5 cm³/mol. The second-order valence-electron chi connectivity index (χ2n) is 6.26. The van der Waals surface area contributed by atoms with Gasteiger partial charge in [-0.15, -0.1) is 0 Å². The number of aliphatic hydroxyl groups is 1. The number of esters is 1. The zero-order valence-electron chi connectivity index (χ0n) is 11.9. The van der Waals surface area contributed by atoms with E-state index in [9.17, 15) is 9.90 Å². The molecule has 2 rings (SSSR count). The van der Waals surface area contributed by atoms with Crippen molar-refractivity contribution in [3.8, 4) is 0 Å². The van der Waals surface area contributed by atoms with Crippen LogP contribution in [0.1, 0.15) is 39.0 Å². The van der Waals surface area contributed by atoms with Gasteiger partial charge in [-0.1, -0.05) is 25.7 Å². The van der Waals surface area contributed by atoms with Gasteiger partial charge >= 0.3 is 5.97 Å². The van der Waals surface area contributed by atoms with Gasteiger partial charge in [-0.05, 0) is 43.9 Å². The van der Waals surface area contributed by atoms with Crippen molar-refractivity contribution >= 4 is 5.97 Å². The number of fused-ring (bicyclic) bond motifs is 1. The maximum Gasteiger partial charge on any atom is 0.333 e. The molecule has 0 heterocycles. The molecule has 0 radical (unpaired) electrons. The van der Waals surface area contributed by atoms with Crippen molar-refractivity contribution in [1.82, 2.24) is 0 Å². The maximum atomic E-state index is 11.6. The van der Waals surface area contributed by atoms with Gasteiger partial charge in [0.2, 0.25) is 0 Å². The predicted octanol–water partition coefficient (Wildman–Crippen LogP) is 2.85. The van der Waals surface area contributed by atoms with Gasteiger partial charge in [-0.3, -0.25) is 0 Å². The van der Waals surface area contributed by atoms with Crippen LogP contribution >= 0.6 is 0 Å². The highest BCUT2D eigenvalue weighted by Crippen LogP contribution is 2.54. The molecule has 0 aromatic rings. The van der Waals surface area contributed by atoms with E-state index in [1.54, 1.807) is 0 Å². The molecule has 2 aliphatic rings. The van der Waals surface area contributed by atoms with Crippen LogP contribution in [0.5, 0.6) is 0 Å². The number of carbonyl (C=O) groups excluding carboxylic acids is 1. The van der Waals surface area contributed by atoms with Crippen LogP contribution in [0, 0.1) is 17.3 Å². The monoisotopic (exact) mass is 264 g/mol. The summed E-state index contributed by atoms with van der Waals surface area (Å²) in [6.07, 6.45) is 4.12. The molecule has 4 atom stereocenters. The first-order valence-corrected chi connectivity index (χ1v) is 7.03. The van der Waals surface area contributed by atoms with Crippen molar-refractivity contribution in [2.24, 2.45) is 17.3 Å². The number of allylic oxidation sites excluding steroid dienone is 1. The highest BCUT2D eigenvalue weighted by molar-refractivity contribution is 5.88. The molecule has 2 aliphatic carbocycles. The number of carbonyl (C=O) groups is 1. The van der Waals surface area contributed by atoms with Crippen molar-refractivity contribution in [2.45, 2.75) is 45.1 Å². The van der Waals surface area contributed by atoms with Gasteiger partial charge < -0.3 is 9.84 Å². The van der Waals surface area contributed by atoms with Gasteiger partial charge in [0.05, 0.1) is 13.2 Å². The van der Waals surface area contributed by atoms with E-state index >= 15 is 0 Å². The highest BCUT2D eigenvalue weighted by atomic mass is 16.5. The normalized spacial score (nSPS) is 38.5. The third kappa shape index (κ3) is 2.36. The maximum absolute atomic E-state index is 11.6. The molecule has 3 heteroatoms. The van der Waals surface area contributed by atoms with Gasteiger partial charge in [0.25, 0.3) is 0 Å². The topological polar surface area (TPSA) is 46.5 Å². The lowest BCUT2D eigenvalue weighted by Crippen LogP contribution is -2.47. The van der Waals surface area contributed by atoms with E-state index in [0.717, 1.165) is 32.1 Å². The fraction of sp³-hybridized carbons (Fsp3) is 0.688. The number of methoxy groups -OCH3 is 1. The van der Waals surface area contributed by atoms with Crippen LogP contribution in [-0.4, -0.2) is 24.3 Å². The molecular formula is C16H24O3. The number of ether oxygens (including phenoxy) is 1. The summed E-state index contributed by atoms with van der Waals surface area (Å²) in [5.41, 5.74) is 1.70. The first-order valence-electron chi connectivity index (χ1n) is 7.03. The quantitative estimate of drug-likeness (QED) is 0.474. The van der Waals surface area contributed by atoms with Gasteiger partial charge in [-0.2, -0.15) is 0 Å². The lowest BCUT2D eigenvalue weighted by Gasteiger charge is -2.51. The van der Waals surface area contributed by atoms with E-state index in [4.69, 9.17) is 4.74 Å². The first-order chi connectivity index (χ1) is 8.90. The Hall–Kier alpha value is -1.09. The number of hydrogen-bond donors (Lipinski definition) is 1. The van der Waals surface area contributed by atoms with Crippen LogP contribution in [0.2, 0.25) is 0 Å². The Labute approximate surface area is 115 Å². The van der Waals surface area contributed by atoms with Crippen LogP contribution in [0.4, 0.5) is 0 Å². The van der Waals surface area contributed by atoms with Crippen molar-refractivity contribution in [1.29, 1.82) is 0 Å². The molecular weight excluding hydrogens is 240 g/mol. The molecule has 2 fully saturated rings. The van der Waals surface area contributed by atoms with E-state index in [2.05, 4.69) is 20.1 Å². The number of rotatable bonds is 2.